The zero-order valence-electron chi connectivity index (χ0n) is 12.1. The second kappa shape index (κ2) is 5.19. The van der Waals surface area contributed by atoms with Gasteiger partial charge in [0.05, 0.1) is 0 Å². The molecule has 1 nitrogen and oxygen atoms in total. The molecule has 0 spiro atoms. The number of hydrogen-bond donors (Lipinski definition) is 1. The van der Waals surface area contributed by atoms with Crippen molar-refractivity contribution in [2.75, 3.05) is 0 Å². The van der Waals surface area contributed by atoms with Gasteiger partial charge in [0.15, 0.2) is 0 Å². The van der Waals surface area contributed by atoms with E-state index >= 15 is 0 Å². The minimum atomic E-state index is -1.07. The molecule has 3 rings (SSSR count). The van der Waals surface area contributed by atoms with E-state index in [-0.39, 0.29) is 0 Å². The van der Waals surface area contributed by atoms with Gasteiger partial charge in [-0.25, -0.2) is 0 Å². The number of benzene rings is 2. The molecule has 0 bridgehead atoms. The lowest BCUT2D eigenvalue weighted by Gasteiger charge is -2.42. The Hall–Kier alpha value is -2.38. The quantitative estimate of drug-likeness (QED) is 0.818. The van der Waals surface area contributed by atoms with Crippen LogP contribution >= 0.6 is 0 Å². The first-order chi connectivity index (χ1) is 10.2. The third kappa shape index (κ3) is 2.16. The van der Waals surface area contributed by atoms with Crippen LogP contribution in [0.5, 0.6) is 0 Å². The van der Waals surface area contributed by atoms with Gasteiger partial charge < -0.3 is 5.11 Å². The summed E-state index contributed by atoms with van der Waals surface area (Å²) in [5, 5.41) is 11.0. The highest BCUT2D eigenvalue weighted by atomic mass is 16.3. The standard InChI is InChI=1S/C20H18O/c1-3-20(21)18(14-16-10-6-4-7-11-16)15(2)19(20)17-12-8-5-9-13-17/h3-14,21H,1H2,2H3/b18-14+. The zero-order valence-corrected chi connectivity index (χ0v) is 12.1. The van der Waals surface area contributed by atoms with Crippen LogP contribution in [0.4, 0.5) is 0 Å². The van der Waals surface area contributed by atoms with E-state index in [4.69, 9.17) is 0 Å². The van der Waals surface area contributed by atoms with E-state index in [0.29, 0.717) is 0 Å². The third-order valence-corrected chi connectivity index (χ3v) is 4.04. The molecule has 0 radical (unpaired) electrons. The van der Waals surface area contributed by atoms with E-state index in [1.54, 1.807) is 6.08 Å². The average molecular weight is 274 g/mol. The Morgan fingerprint density at radius 1 is 0.952 bits per heavy atom. The Morgan fingerprint density at radius 3 is 2.10 bits per heavy atom. The Morgan fingerprint density at radius 2 is 1.52 bits per heavy atom. The van der Waals surface area contributed by atoms with Crippen molar-refractivity contribution in [3.63, 3.8) is 0 Å². The Kier molecular flexibility index (Phi) is 3.36. The number of aliphatic hydroxyl groups is 1. The van der Waals surface area contributed by atoms with E-state index in [1.165, 1.54) is 0 Å². The summed E-state index contributed by atoms with van der Waals surface area (Å²) in [5.74, 6) is 0. The zero-order chi connectivity index (χ0) is 14.9. The molecule has 21 heavy (non-hydrogen) atoms. The molecule has 1 aliphatic carbocycles. The summed E-state index contributed by atoms with van der Waals surface area (Å²) >= 11 is 0. The van der Waals surface area contributed by atoms with Gasteiger partial charge in [0.2, 0.25) is 0 Å². The second-order valence-electron chi connectivity index (χ2n) is 5.31. The van der Waals surface area contributed by atoms with Gasteiger partial charge in [-0.05, 0) is 35.3 Å². The van der Waals surface area contributed by atoms with E-state index in [9.17, 15) is 5.11 Å². The van der Waals surface area contributed by atoms with Crippen molar-refractivity contribution in [1.29, 1.82) is 0 Å². The topological polar surface area (TPSA) is 20.2 Å². The van der Waals surface area contributed by atoms with Gasteiger partial charge in [-0.15, -0.1) is 0 Å². The molecule has 0 saturated carbocycles. The van der Waals surface area contributed by atoms with Gasteiger partial charge in [-0.2, -0.15) is 0 Å². The molecule has 104 valence electrons. The molecular formula is C20H18O. The number of hydrogen-bond acceptors (Lipinski definition) is 1. The Labute approximate surface area is 125 Å². The highest BCUT2D eigenvalue weighted by Crippen LogP contribution is 2.50. The van der Waals surface area contributed by atoms with E-state index < -0.39 is 5.60 Å². The predicted octanol–water partition coefficient (Wildman–Crippen LogP) is 4.47. The molecular weight excluding hydrogens is 256 g/mol. The molecule has 1 aliphatic rings. The lowest BCUT2D eigenvalue weighted by atomic mass is 9.66. The van der Waals surface area contributed by atoms with Crippen LogP contribution < -0.4 is 0 Å². The van der Waals surface area contributed by atoms with Crippen LogP contribution in [0.1, 0.15) is 18.1 Å². The normalized spacial score (nSPS) is 23.0. The van der Waals surface area contributed by atoms with Crippen LogP contribution in [0.3, 0.4) is 0 Å². The predicted molar refractivity (Wildman–Crippen MR) is 88.6 cm³/mol. The molecule has 0 amide bonds. The summed E-state index contributed by atoms with van der Waals surface area (Å²) in [6.45, 7) is 5.88. The minimum Gasteiger partial charge on any atom is -0.377 e. The lowest BCUT2D eigenvalue weighted by molar-refractivity contribution is 0.182. The molecule has 0 saturated heterocycles. The Bertz CT molecular complexity index is 723. The largest absolute Gasteiger partial charge is 0.377 e. The van der Waals surface area contributed by atoms with E-state index in [2.05, 4.69) is 13.5 Å². The van der Waals surface area contributed by atoms with E-state index in [0.717, 1.165) is 27.8 Å². The molecule has 1 heteroatoms. The monoisotopic (exact) mass is 274 g/mol. The van der Waals surface area contributed by atoms with Crippen LogP contribution in [0.15, 0.2) is 84.5 Å². The fourth-order valence-corrected chi connectivity index (χ4v) is 2.97. The van der Waals surface area contributed by atoms with Gasteiger partial charge in [0, 0.05) is 5.57 Å². The summed E-state index contributed by atoms with van der Waals surface area (Å²) in [6, 6.07) is 20.0. The first-order valence-electron chi connectivity index (χ1n) is 7.07. The van der Waals surface area contributed by atoms with Gasteiger partial charge in [-0.3, -0.25) is 0 Å². The fraction of sp³-hybridized carbons (Fsp3) is 0.100. The molecule has 2 aromatic carbocycles. The lowest BCUT2D eigenvalue weighted by Crippen LogP contribution is -2.39. The van der Waals surface area contributed by atoms with Gasteiger partial charge >= 0.3 is 0 Å². The molecule has 0 heterocycles. The SMILES string of the molecule is C=CC1(O)C(c2ccccc2)=C(C)/C1=C\c1ccccc1. The van der Waals surface area contributed by atoms with Crippen LogP contribution in [-0.2, 0) is 0 Å². The fourth-order valence-electron chi connectivity index (χ4n) is 2.97. The maximum absolute atomic E-state index is 11.0. The van der Waals surface area contributed by atoms with Crippen molar-refractivity contribution >= 4 is 11.6 Å². The molecule has 1 unspecified atom stereocenters. The molecule has 1 N–H and O–H groups in total. The number of rotatable bonds is 3. The van der Waals surface area contributed by atoms with Gasteiger partial charge in [-0.1, -0.05) is 73.3 Å². The van der Waals surface area contributed by atoms with Crippen molar-refractivity contribution in [3.05, 3.63) is 95.6 Å². The summed E-state index contributed by atoms with van der Waals surface area (Å²) in [4.78, 5) is 0. The molecule has 0 fully saturated rings. The first-order valence-corrected chi connectivity index (χ1v) is 7.07. The van der Waals surface area contributed by atoms with E-state index in [1.807, 2.05) is 66.7 Å². The second-order valence-corrected chi connectivity index (χ2v) is 5.31. The first kappa shape index (κ1) is 13.6. The average Bonchev–Trinajstić information content (AvgIpc) is 2.54. The van der Waals surface area contributed by atoms with Crippen LogP contribution in [0.2, 0.25) is 0 Å². The molecule has 0 aliphatic heterocycles. The van der Waals surface area contributed by atoms with Crippen molar-refractivity contribution in [1.82, 2.24) is 0 Å². The smallest absolute Gasteiger partial charge is 0.134 e. The van der Waals surface area contributed by atoms with Crippen molar-refractivity contribution < 1.29 is 5.11 Å². The van der Waals surface area contributed by atoms with Crippen molar-refractivity contribution in [2.24, 2.45) is 0 Å². The summed E-state index contributed by atoms with van der Waals surface area (Å²) in [6.07, 6.45) is 3.65. The Balaban J connectivity index is 2.11. The third-order valence-electron chi connectivity index (χ3n) is 4.04. The molecule has 0 aromatic heterocycles. The van der Waals surface area contributed by atoms with Crippen molar-refractivity contribution in [2.45, 2.75) is 12.5 Å². The van der Waals surface area contributed by atoms with Gasteiger partial charge in [0.25, 0.3) is 0 Å². The molecule has 1 atom stereocenters. The van der Waals surface area contributed by atoms with Crippen LogP contribution in [0, 0.1) is 0 Å². The summed E-state index contributed by atoms with van der Waals surface area (Å²) in [7, 11) is 0. The summed E-state index contributed by atoms with van der Waals surface area (Å²) < 4.78 is 0. The van der Waals surface area contributed by atoms with Crippen molar-refractivity contribution in [3.8, 4) is 0 Å². The highest BCUT2D eigenvalue weighted by molar-refractivity contribution is 5.95. The van der Waals surface area contributed by atoms with Gasteiger partial charge in [0.1, 0.15) is 5.60 Å². The maximum Gasteiger partial charge on any atom is 0.134 e. The van der Waals surface area contributed by atoms with Crippen LogP contribution in [-0.4, -0.2) is 10.7 Å². The van der Waals surface area contributed by atoms with Crippen LogP contribution in [0.25, 0.3) is 11.6 Å². The summed E-state index contributed by atoms with van der Waals surface area (Å²) in [5.41, 5.74) is 4.04. The molecule has 2 aromatic rings. The minimum absolute atomic E-state index is 0.919. The maximum atomic E-state index is 11.0. The highest BCUT2D eigenvalue weighted by Gasteiger charge is 2.44.